The average molecular weight is 325 g/mol. The van der Waals surface area contributed by atoms with E-state index >= 15 is 0 Å². The van der Waals surface area contributed by atoms with Crippen LogP contribution in [0.3, 0.4) is 0 Å². The van der Waals surface area contributed by atoms with Gasteiger partial charge in [0.2, 0.25) is 0 Å². The third-order valence-electron chi connectivity index (χ3n) is 3.53. The highest BCUT2D eigenvalue weighted by Crippen LogP contribution is 2.29. The second-order valence-corrected chi connectivity index (χ2v) is 5.49. The molecular weight excluding hydrogens is 306 g/mol. The zero-order valence-corrected chi connectivity index (χ0v) is 13.3. The lowest BCUT2D eigenvalue weighted by Gasteiger charge is -2.22. The van der Waals surface area contributed by atoms with Gasteiger partial charge in [-0.2, -0.15) is 0 Å². The van der Waals surface area contributed by atoms with Gasteiger partial charge < -0.3 is 20.1 Å². The van der Waals surface area contributed by atoms with Gasteiger partial charge in [-0.25, -0.2) is 0 Å². The van der Waals surface area contributed by atoms with E-state index < -0.39 is 4.92 Å². The Morgan fingerprint density at radius 1 is 1.59 bits per heavy atom. The molecule has 1 aromatic rings. The topological polar surface area (TPSA) is 85.7 Å². The fourth-order valence-electron chi connectivity index (χ4n) is 2.35. The van der Waals surface area contributed by atoms with Crippen LogP contribution in [0.2, 0.25) is 0 Å². The van der Waals surface area contributed by atoms with E-state index in [1.54, 1.807) is 6.07 Å². The van der Waals surface area contributed by atoms with Gasteiger partial charge in [-0.05, 0) is 38.0 Å². The maximum atomic E-state index is 10.8. The van der Waals surface area contributed by atoms with Crippen molar-refractivity contribution in [1.29, 1.82) is 0 Å². The van der Waals surface area contributed by atoms with Crippen molar-refractivity contribution < 1.29 is 14.4 Å². The maximum Gasteiger partial charge on any atom is 0.273 e. The monoisotopic (exact) mass is 325 g/mol. The van der Waals surface area contributed by atoms with Gasteiger partial charge in [-0.3, -0.25) is 10.1 Å². The number of benzene rings is 1. The molecule has 1 aromatic carbocycles. The normalized spacial score (nSPS) is 18.5. The minimum Gasteiger partial charge on any atom is -0.494 e. The van der Waals surface area contributed by atoms with Crippen LogP contribution in [0.5, 0.6) is 5.75 Å². The largest absolute Gasteiger partial charge is 0.494 e. The molecule has 0 bridgehead atoms. The lowest BCUT2D eigenvalue weighted by Crippen LogP contribution is -2.42. The number of hydrogen-bond acceptors (Lipinski definition) is 5. The zero-order valence-electron chi connectivity index (χ0n) is 12.5. The van der Waals surface area contributed by atoms with Gasteiger partial charge in [0.25, 0.3) is 5.69 Å². The molecule has 8 heteroatoms. The minimum atomic E-state index is -0.470. The van der Waals surface area contributed by atoms with Crippen molar-refractivity contribution >= 4 is 28.7 Å². The number of nitrogens with zero attached hydrogens (tertiary/aromatic N) is 1. The Hall–Kier alpha value is -1.93. The Morgan fingerprint density at radius 2 is 2.36 bits per heavy atom. The van der Waals surface area contributed by atoms with Crippen LogP contribution in [-0.2, 0) is 4.74 Å². The summed E-state index contributed by atoms with van der Waals surface area (Å²) >= 11 is 5.27. The first kappa shape index (κ1) is 16.4. The Balaban J connectivity index is 1.99. The first-order valence-electron chi connectivity index (χ1n) is 7.03. The second-order valence-electron chi connectivity index (χ2n) is 5.08. The summed E-state index contributed by atoms with van der Waals surface area (Å²) in [5, 5.41) is 17.4. The van der Waals surface area contributed by atoms with E-state index in [0.29, 0.717) is 16.5 Å². The van der Waals surface area contributed by atoms with E-state index in [-0.39, 0.29) is 17.8 Å². The second kappa shape index (κ2) is 7.37. The molecule has 2 rings (SSSR count). The molecule has 7 nitrogen and oxygen atoms in total. The van der Waals surface area contributed by atoms with Crippen LogP contribution in [0, 0.1) is 10.1 Å². The van der Waals surface area contributed by atoms with Crippen LogP contribution in [0.1, 0.15) is 19.8 Å². The molecule has 0 aliphatic carbocycles. The predicted molar refractivity (Wildman–Crippen MR) is 87.4 cm³/mol. The summed E-state index contributed by atoms with van der Waals surface area (Å²) in [6.45, 7) is 2.80. The van der Waals surface area contributed by atoms with Gasteiger partial charge in [0, 0.05) is 12.7 Å². The van der Waals surface area contributed by atoms with Gasteiger partial charge in [-0.1, -0.05) is 0 Å². The summed E-state index contributed by atoms with van der Waals surface area (Å²) in [6, 6.07) is 4.42. The van der Waals surface area contributed by atoms with Crippen LogP contribution < -0.4 is 15.4 Å². The molecule has 2 N–H and O–H groups in total. The van der Waals surface area contributed by atoms with E-state index in [9.17, 15) is 10.1 Å². The van der Waals surface area contributed by atoms with E-state index in [4.69, 9.17) is 21.7 Å². The molecule has 1 heterocycles. The molecule has 1 aliphatic rings. The van der Waals surface area contributed by atoms with Crippen molar-refractivity contribution in [3.05, 3.63) is 28.3 Å². The van der Waals surface area contributed by atoms with Crippen LogP contribution in [0.15, 0.2) is 18.2 Å². The maximum absolute atomic E-state index is 10.8. The molecule has 0 spiro atoms. The Kier molecular flexibility index (Phi) is 5.51. The Labute approximate surface area is 134 Å². The summed E-state index contributed by atoms with van der Waals surface area (Å²) in [4.78, 5) is 10.3. The molecule has 0 amide bonds. The Morgan fingerprint density at radius 3 is 2.95 bits per heavy atom. The van der Waals surface area contributed by atoms with Gasteiger partial charge in [-0.15, -0.1) is 0 Å². The number of anilines is 1. The molecule has 1 saturated heterocycles. The van der Waals surface area contributed by atoms with Gasteiger partial charge in [0.1, 0.15) is 5.75 Å². The van der Waals surface area contributed by atoms with Crippen LogP contribution in [0.4, 0.5) is 11.4 Å². The van der Waals surface area contributed by atoms with E-state index in [1.807, 2.05) is 6.92 Å². The fourth-order valence-corrected chi connectivity index (χ4v) is 2.65. The number of rotatable bonds is 5. The number of hydrogen-bond donors (Lipinski definition) is 2. The molecule has 0 unspecified atom stereocenters. The number of non-ortho nitro benzene ring substituents is 1. The van der Waals surface area contributed by atoms with Gasteiger partial charge in [0.05, 0.1) is 35.9 Å². The number of methoxy groups -OCH3 is 1. The Bertz CT molecular complexity index is 561. The average Bonchev–Trinajstić information content (AvgIpc) is 3.01. The van der Waals surface area contributed by atoms with Crippen molar-refractivity contribution in [1.82, 2.24) is 5.32 Å². The summed E-state index contributed by atoms with van der Waals surface area (Å²) in [5.41, 5.74) is 0.541. The summed E-state index contributed by atoms with van der Waals surface area (Å²) in [6.07, 6.45) is 2.23. The van der Waals surface area contributed by atoms with Gasteiger partial charge >= 0.3 is 0 Å². The first-order chi connectivity index (χ1) is 10.5. The molecule has 1 fully saturated rings. The van der Waals surface area contributed by atoms with Crippen molar-refractivity contribution in [3.8, 4) is 5.75 Å². The zero-order chi connectivity index (χ0) is 16.1. The van der Waals surface area contributed by atoms with E-state index in [0.717, 1.165) is 19.4 Å². The third kappa shape index (κ3) is 4.05. The third-order valence-corrected chi connectivity index (χ3v) is 3.75. The number of nitro benzene ring substituents is 1. The molecule has 0 radical (unpaired) electrons. The molecular formula is C14H19N3O4S. The van der Waals surface area contributed by atoms with Crippen LogP contribution in [-0.4, -0.2) is 35.9 Å². The SMILES string of the molecule is COc1cc([N+](=O)[O-])ccc1NC(=S)N[C@@H](C)[C@H]1CCCO1. The lowest BCUT2D eigenvalue weighted by molar-refractivity contribution is -0.384. The lowest BCUT2D eigenvalue weighted by atomic mass is 10.1. The van der Waals surface area contributed by atoms with Crippen molar-refractivity contribution in [2.45, 2.75) is 31.9 Å². The summed E-state index contributed by atoms with van der Waals surface area (Å²) in [5.74, 6) is 0.364. The molecule has 0 aromatic heterocycles. The standard InChI is InChI=1S/C14H19N3O4S/c1-9(12-4-3-7-21-12)15-14(22)16-11-6-5-10(17(18)19)8-13(11)20-2/h5-6,8-9,12H,3-4,7H2,1-2H3,(H2,15,16,22)/t9-,12+/m0/s1. The van der Waals surface area contributed by atoms with E-state index in [2.05, 4.69) is 10.6 Å². The van der Waals surface area contributed by atoms with Crippen molar-refractivity contribution in [3.63, 3.8) is 0 Å². The number of nitro groups is 1. The van der Waals surface area contributed by atoms with Crippen LogP contribution >= 0.6 is 12.2 Å². The van der Waals surface area contributed by atoms with Crippen molar-refractivity contribution in [2.24, 2.45) is 0 Å². The molecule has 120 valence electrons. The molecule has 22 heavy (non-hydrogen) atoms. The summed E-state index contributed by atoms with van der Waals surface area (Å²) < 4.78 is 10.8. The highest BCUT2D eigenvalue weighted by Gasteiger charge is 2.23. The smallest absolute Gasteiger partial charge is 0.273 e. The van der Waals surface area contributed by atoms with Gasteiger partial charge in [0.15, 0.2) is 5.11 Å². The molecule has 1 aliphatic heterocycles. The van der Waals surface area contributed by atoms with E-state index in [1.165, 1.54) is 19.2 Å². The van der Waals surface area contributed by atoms with Crippen molar-refractivity contribution in [2.75, 3.05) is 19.0 Å². The summed E-state index contributed by atoms with van der Waals surface area (Å²) in [7, 11) is 1.45. The molecule has 0 saturated carbocycles. The first-order valence-corrected chi connectivity index (χ1v) is 7.43. The number of ether oxygens (including phenoxy) is 2. The molecule has 2 atom stereocenters. The fraction of sp³-hybridized carbons (Fsp3) is 0.500. The van der Waals surface area contributed by atoms with Crippen LogP contribution in [0.25, 0.3) is 0 Å². The number of nitrogens with one attached hydrogen (secondary N) is 2. The minimum absolute atomic E-state index is 0.0333. The highest BCUT2D eigenvalue weighted by molar-refractivity contribution is 7.80. The quantitative estimate of drug-likeness (QED) is 0.488. The predicted octanol–water partition coefficient (Wildman–Crippen LogP) is 2.46. The number of thiocarbonyl (C=S) groups is 1. The highest BCUT2D eigenvalue weighted by atomic mass is 32.1.